The smallest absolute Gasteiger partial charge is 0.184 e. The van der Waals surface area contributed by atoms with Crippen molar-refractivity contribution in [1.29, 1.82) is 0 Å². The molecule has 0 amide bonds. The molecule has 2 rings (SSSR count). The lowest BCUT2D eigenvalue weighted by atomic mass is 10.0. The Kier molecular flexibility index (Phi) is 4.79. The maximum atomic E-state index is 12.6. The number of alkyl halides is 1. The van der Waals surface area contributed by atoms with Crippen LogP contribution >= 0.6 is 15.9 Å². The summed E-state index contributed by atoms with van der Waals surface area (Å²) in [4.78, 5) is 12.1. The van der Waals surface area contributed by atoms with Gasteiger partial charge >= 0.3 is 0 Å². The molecule has 0 saturated carbocycles. The highest BCUT2D eigenvalue weighted by Crippen LogP contribution is 2.35. The quantitative estimate of drug-likeness (QED) is 0.611. The molecule has 0 spiro atoms. The monoisotopic (exact) mass is 334 g/mol. The molecule has 0 bridgehead atoms. The third-order valence-electron chi connectivity index (χ3n) is 3.01. The number of carbonyl (C=O) groups excluding carboxylic acids is 1. The van der Waals surface area contributed by atoms with Crippen LogP contribution in [0.5, 0.6) is 11.5 Å². The van der Waals surface area contributed by atoms with Gasteiger partial charge in [0.2, 0.25) is 0 Å². The molecule has 0 aliphatic carbocycles. The van der Waals surface area contributed by atoms with Crippen molar-refractivity contribution in [1.82, 2.24) is 0 Å². The lowest BCUT2D eigenvalue weighted by Gasteiger charge is -2.14. The highest BCUT2D eigenvalue weighted by atomic mass is 79.9. The van der Waals surface area contributed by atoms with Gasteiger partial charge in [0.25, 0.3) is 0 Å². The van der Waals surface area contributed by atoms with E-state index in [1.807, 2.05) is 36.4 Å². The average Bonchev–Trinajstić information content (AvgIpc) is 2.53. The summed E-state index contributed by atoms with van der Waals surface area (Å²) >= 11 is 3.46. The summed E-state index contributed by atoms with van der Waals surface area (Å²) in [7, 11) is 3.14. The Morgan fingerprint density at radius 2 is 1.50 bits per heavy atom. The van der Waals surface area contributed by atoms with Crippen LogP contribution in [-0.4, -0.2) is 20.0 Å². The summed E-state index contributed by atoms with van der Waals surface area (Å²) in [5, 5.41) is 0. The lowest BCUT2D eigenvalue weighted by molar-refractivity contribution is 0.0987. The number of ether oxygens (including phenoxy) is 2. The molecule has 0 fully saturated rings. The first-order valence-electron chi connectivity index (χ1n) is 6.13. The Hall–Kier alpha value is -1.81. The molecule has 3 nitrogen and oxygen atoms in total. The molecule has 0 N–H and O–H groups in total. The summed E-state index contributed by atoms with van der Waals surface area (Å²) in [6.45, 7) is 0. The van der Waals surface area contributed by atoms with Gasteiger partial charge in [-0.05, 0) is 18.2 Å². The van der Waals surface area contributed by atoms with E-state index in [9.17, 15) is 4.79 Å². The predicted octanol–water partition coefficient (Wildman–Crippen LogP) is 4.02. The van der Waals surface area contributed by atoms with E-state index in [2.05, 4.69) is 15.9 Å². The molecule has 0 aliphatic rings. The molecule has 0 saturated heterocycles. The number of rotatable bonds is 5. The van der Waals surface area contributed by atoms with Crippen LogP contribution in [0.25, 0.3) is 0 Å². The van der Waals surface area contributed by atoms with Crippen molar-refractivity contribution in [2.75, 3.05) is 14.2 Å². The normalized spacial score (nSPS) is 11.8. The number of benzene rings is 2. The maximum Gasteiger partial charge on any atom is 0.184 e. The molecule has 0 aliphatic heterocycles. The molecule has 2 aromatic carbocycles. The van der Waals surface area contributed by atoms with Crippen LogP contribution in [0.1, 0.15) is 20.7 Å². The van der Waals surface area contributed by atoms with Crippen molar-refractivity contribution >= 4 is 21.7 Å². The SMILES string of the molecule is COc1ccccc1C(=O)C(Br)c1ccccc1OC. The van der Waals surface area contributed by atoms with Gasteiger partial charge in [0.05, 0.1) is 19.8 Å². The number of halogens is 1. The fourth-order valence-electron chi connectivity index (χ4n) is 2.00. The molecule has 0 heterocycles. The second kappa shape index (κ2) is 6.57. The first-order valence-corrected chi connectivity index (χ1v) is 7.04. The summed E-state index contributed by atoms with van der Waals surface area (Å²) in [6.07, 6.45) is 0. The highest BCUT2D eigenvalue weighted by Gasteiger charge is 2.24. The van der Waals surface area contributed by atoms with Gasteiger partial charge in [0.1, 0.15) is 16.3 Å². The Bertz CT molecular complexity index is 610. The van der Waals surface area contributed by atoms with Crippen LogP contribution in [0, 0.1) is 0 Å². The molecular weight excluding hydrogens is 320 g/mol. The minimum atomic E-state index is -0.477. The topological polar surface area (TPSA) is 35.5 Å². The van der Waals surface area contributed by atoms with Crippen molar-refractivity contribution in [3.05, 3.63) is 59.7 Å². The number of hydrogen-bond donors (Lipinski definition) is 0. The molecule has 20 heavy (non-hydrogen) atoms. The third-order valence-corrected chi connectivity index (χ3v) is 3.92. The van der Waals surface area contributed by atoms with Crippen LogP contribution in [0.3, 0.4) is 0 Å². The van der Waals surface area contributed by atoms with Crippen LogP contribution in [-0.2, 0) is 0 Å². The zero-order valence-corrected chi connectivity index (χ0v) is 12.9. The fourth-order valence-corrected chi connectivity index (χ4v) is 2.63. The van der Waals surface area contributed by atoms with Crippen LogP contribution < -0.4 is 9.47 Å². The number of para-hydroxylation sites is 2. The number of methoxy groups -OCH3 is 2. The summed E-state index contributed by atoms with van der Waals surface area (Å²) in [5.41, 5.74) is 1.34. The molecule has 0 radical (unpaired) electrons. The molecule has 1 unspecified atom stereocenters. The number of carbonyl (C=O) groups is 1. The Morgan fingerprint density at radius 3 is 2.15 bits per heavy atom. The summed E-state index contributed by atoms with van der Waals surface area (Å²) in [6, 6.07) is 14.6. The standard InChI is InChI=1S/C16H15BrO3/c1-19-13-9-5-3-7-11(13)15(17)16(18)12-8-4-6-10-14(12)20-2/h3-10,15H,1-2H3. The van der Waals surface area contributed by atoms with Crippen molar-refractivity contribution in [2.24, 2.45) is 0 Å². The largest absolute Gasteiger partial charge is 0.496 e. The third kappa shape index (κ3) is 2.85. The molecule has 0 aromatic heterocycles. The molecular formula is C16H15BrO3. The van der Waals surface area contributed by atoms with Gasteiger partial charge in [-0.15, -0.1) is 0 Å². The van der Waals surface area contributed by atoms with Crippen molar-refractivity contribution in [3.8, 4) is 11.5 Å². The summed E-state index contributed by atoms with van der Waals surface area (Å²) in [5.74, 6) is 1.18. The second-order valence-electron chi connectivity index (χ2n) is 4.17. The van der Waals surface area contributed by atoms with E-state index in [0.717, 1.165) is 5.56 Å². The molecule has 104 valence electrons. The van der Waals surface area contributed by atoms with Gasteiger partial charge in [-0.1, -0.05) is 46.3 Å². The zero-order valence-electron chi connectivity index (χ0n) is 11.3. The minimum Gasteiger partial charge on any atom is -0.496 e. The molecule has 4 heteroatoms. The van der Waals surface area contributed by atoms with E-state index in [-0.39, 0.29) is 5.78 Å². The van der Waals surface area contributed by atoms with Gasteiger partial charge in [0, 0.05) is 5.56 Å². The van der Waals surface area contributed by atoms with Gasteiger partial charge < -0.3 is 9.47 Å². The maximum absolute atomic E-state index is 12.6. The Balaban J connectivity index is 2.38. The van der Waals surface area contributed by atoms with E-state index in [1.165, 1.54) is 0 Å². The average molecular weight is 335 g/mol. The van der Waals surface area contributed by atoms with Gasteiger partial charge in [-0.2, -0.15) is 0 Å². The Morgan fingerprint density at radius 1 is 0.950 bits per heavy atom. The second-order valence-corrected chi connectivity index (χ2v) is 5.08. The van der Waals surface area contributed by atoms with E-state index >= 15 is 0 Å². The van der Waals surface area contributed by atoms with Crippen LogP contribution in [0.4, 0.5) is 0 Å². The number of ketones is 1. The first kappa shape index (κ1) is 14.6. The number of Topliss-reactive ketones (excluding diaryl/α,β-unsaturated/α-hetero) is 1. The van der Waals surface area contributed by atoms with Crippen LogP contribution in [0.2, 0.25) is 0 Å². The first-order chi connectivity index (χ1) is 9.69. The summed E-state index contributed by atoms with van der Waals surface area (Å²) < 4.78 is 10.5. The van der Waals surface area contributed by atoms with E-state index < -0.39 is 4.83 Å². The van der Waals surface area contributed by atoms with Gasteiger partial charge in [-0.3, -0.25) is 4.79 Å². The van der Waals surface area contributed by atoms with Crippen molar-refractivity contribution < 1.29 is 14.3 Å². The minimum absolute atomic E-state index is 0.0630. The van der Waals surface area contributed by atoms with E-state index in [4.69, 9.17) is 9.47 Å². The molecule has 2 aromatic rings. The fraction of sp³-hybridized carbons (Fsp3) is 0.188. The lowest BCUT2D eigenvalue weighted by Crippen LogP contribution is -2.09. The van der Waals surface area contributed by atoms with Crippen molar-refractivity contribution in [2.45, 2.75) is 4.83 Å². The predicted molar refractivity (Wildman–Crippen MR) is 82.0 cm³/mol. The van der Waals surface area contributed by atoms with E-state index in [0.29, 0.717) is 17.1 Å². The van der Waals surface area contributed by atoms with Crippen LogP contribution in [0.15, 0.2) is 48.5 Å². The Labute approximate surface area is 126 Å². The van der Waals surface area contributed by atoms with Gasteiger partial charge in [0.15, 0.2) is 5.78 Å². The highest BCUT2D eigenvalue weighted by molar-refractivity contribution is 9.09. The molecule has 1 atom stereocenters. The zero-order chi connectivity index (χ0) is 14.5. The number of hydrogen-bond acceptors (Lipinski definition) is 3. The van der Waals surface area contributed by atoms with Crippen molar-refractivity contribution in [3.63, 3.8) is 0 Å². The van der Waals surface area contributed by atoms with Gasteiger partial charge in [-0.25, -0.2) is 0 Å². The van der Waals surface area contributed by atoms with E-state index in [1.54, 1.807) is 26.4 Å².